The molecule has 1 aliphatic rings. The lowest BCUT2D eigenvalue weighted by Gasteiger charge is -2.19. The van der Waals surface area contributed by atoms with Crippen LogP contribution in [0.4, 0.5) is 0 Å². The van der Waals surface area contributed by atoms with E-state index in [-0.39, 0.29) is 5.63 Å². The lowest BCUT2D eigenvalue weighted by molar-refractivity contribution is -0.763. The van der Waals surface area contributed by atoms with E-state index in [1.807, 2.05) is 11.8 Å². The fourth-order valence-electron chi connectivity index (χ4n) is 2.10. The predicted octanol–water partition coefficient (Wildman–Crippen LogP) is 1.63. The van der Waals surface area contributed by atoms with Crippen LogP contribution in [0.2, 0.25) is 0 Å². The van der Waals surface area contributed by atoms with Crippen LogP contribution in [-0.4, -0.2) is 16.3 Å². The Morgan fingerprint density at radius 1 is 1.44 bits per heavy atom. The number of rotatable bonds is 4. The molecule has 1 N–H and O–H groups in total. The lowest BCUT2D eigenvalue weighted by Crippen LogP contribution is -2.40. The Labute approximate surface area is 99.4 Å². The van der Waals surface area contributed by atoms with E-state index < -0.39 is 0 Å². The van der Waals surface area contributed by atoms with Gasteiger partial charge in [0.25, 0.3) is 5.69 Å². The minimum absolute atomic E-state index is 0.261. The second kappa shape index (κ2) is 5.57. The first kappa shape index (κ1) is 11.8. The normalized spacial score (nSPS) is 17.8. The van der Waals surface area contributed by atoms with Crippen LogP contribution in [0.15, 0.2) is 9.32 Å². The molecule has 0 bridgehead atoms. The van der Waals surface area contributed by atoms with E-state index in [9.17, 15) is 4.79 Å². The van der Waals surface area contributed by atoms with Crippen molar-refractivity contribution in [2.24, 2.45) is 0 Å². The number of aromatic amines is 1. The van der Waals surface area contributed by atoms with Gasteiger partial charge in [-0.25, -0.2) is 4.79 Å². The zero-order valence-corrected chi connectivity index (χ0v) is 10.5. The van der Waals surface area contributed by atoms with E-state index in [0.29, 0.717) is 5.69 Å². The molecule has 0 radical (unpaired) electrons. The van der Waals surface area contributed by atoms with Crippen LogP contribution < -0.4 is 10.3 Å². The average molecular weight is 243 g/mol. The third kappa shape index (κ3) is 2.90. The minimum atomic E-state index is -0.261. The van der Waals surface area contributed by atoms with Crippen molar-refractivity contribution in [1.29, 1.82) is 0 Å². The first-order valence-corrected chi connectivity index (χ1v) is 7.02. The van der Waals surface area contributed by atoms with Crippen LogP contribution in [0.25, 0.3) is 0 Å². The van der Waals surface area contributed by atoms with Crippen molar-refractivity contribution >= 4 is 11.8 Å². The molecule has 5 heteroatoms. The molecule has 0 aromatic carbocycles. The molecule has 0 amide bonds. The van der Waals surface area contributed by atoms with Crippen molar-refractivity contribution < 1.29 is 9.20 Å². The molecule has 0 atom stereocenters. The highest BCUT2D eigenvalue weighted by molar-refractivity contribution is 7.99. The number of thioether (sulfide) groups is 1. The van der Waals surface area contributed by atoms with Gasteiger partial charge in [0.05, 0.1) is 5.75 Å². The average Bonchev–Trinajstić information content (AvgIpc) is 2.62. The van der Waals surface area contributed by atoms with Crippen LogP contribution in [0.5, 0.6) is 0 Å². The molecule has 2 rings (SSSR count). The van der Waals surface area contributed by atoms with Gasteiger partial charge < -0.3 is 0 Å². The molecule has 1 saturated carbocycles. The molecule has 1 aromatic heterocycles. The Morgan fingerprint density at radius 3 is 2.81 bits per heavy atom. The van der Waals surface area contributed by atoms with Crippen LogP contribution in [-0.2, 0) is 6.54 Å². The maximum absolute atomic E-state index is 11.1. The van der Waals surface area contributed by atoms with Gasteiger partial charge in [-0.05, 0) is 18.1 Å². The second-order valence-corrected chi connectivity index (χ2v) is 5.76. The van der Waals surface area contributed by atoms with Crippen molar-refractivity contribution in [2.75, 3.05) is 5.75 Å². The number of nitrogens with one attached hydrogen (secondary N) is 1. The molecule has 0 saturated heterocycles. The summed E-state index contributed by atoms with van der Waals surface area (Å²) >= 11 is 2.03. The van der Waals surface area contributed by atoms with Gasteiger partial charge in [-0.15, -0.1) is 0 Å². The van der Waals surface area contributed by atoms with Gasteiger partial charge in [-0.1, -0.05) is 23.9 Å². The molecule has 1 fully saturated rings. The van der Waals surface area contributed by atoms with Gasteiger partial charge in [0.15, 0.2) is 6.54 Å². The van der Waals surface area contributed by atoms with E-state index in [0.717, 1.165) is 17.5 Å². The van der Waals surface area contributed by atoms with Crippen LogP contribution in [0.1, 0.15) is 37.8 Å². The van der Waals surface area contributed by atoms with E-state index >= 15 is 0 Å². The third-order valence-electron chi connectivity index (χ3n) is 3.17. The van der Waals surface area contributed by atoms with Crippen LogP contribution in [0.3, 0.4) is 0 Å². The Balaban J connectivity index is 1.75. The molecule has 90 valence electrons. The van der Waals surface area contributed by atoms with Gasteiger partial charge in [0.1, 0.15) is 0 Å². The quantitative estimate of drug-likeness (QED) is 0.818. The zero-order chi connectivity index (χ0) is 11.4. The molecule has 0 unspecified atom stereocenters. The molecular formula is C11H19N2O2S+. The summed E-state index contributed by atoms with van der Waals surface area (Å²) in [4.78, 5) is 11.1. The smallest absolute Gasteiger partial charge is 0.283 e. The van der Waals surface area contributed by atoms with Crippen molar-refractivity contribution in [3.8, 4) is 0 Å². The molecule has 0 aliphatic heterocycles. The Kier molecular flexibility index (Phi) is 4.09. The fourth-order valence-corrected chi connectivity index (χ4v) is 3.39. The summed E-state index contributed by atoms with van der Waals surface area (Å²) in [6.45, 7) is 2.62. The molecule has 1 aliphatic carbocycles. The second-order valence-electron chi connectivity index (χ2n) is 4.35. The number of hydrogen-bond donors (Lipinski definition) is 1. The summed E-state index contributed by atoms with van der Waals surface area (Å²) in [6, 6.07) is 0. The Morgan fingerprint density at radius 2 is 2.19 bits per heavy atom. The van der Waals surface area contributed by atoms with Crippen LogP contribution in [0, 0.1) is 6.92 Å². The highest BCUT2D eigenvalue weighted by Gasteiger charge is 2.17. The standard InChI is InChI=1S/C11H18N2O2S/c1-9-11(14)15-12-13(9)7-8-16-10-5-3-2-4-6-10/h10H,2-8H2,1H3/p+1. The van der Waals surface area contributed by atoms with Gasteiger partial charge in [-0.3, -0.25) is 4.52 Å². The van der Waals surface area contributed by atoms with Gasteiger partial charge in [0, 0.05) is 12.2 Å². The zero-order valence-electron chi connectivity index (χ0n) is 9.70. The number of hydrogen-bond acceptors (Lipinski definition) is 3. The SMILES string of the molecule is Cc1c(=O)o[nH][n+]1CCSC1CCCCC1. The van der Waals surface area contributed by atoms with Crippen molar-refractivity contribution in [3.05, 3.63) is 16.1 Å². The third-order valence-corrected chi connectivity index (χ3v) is 4.53. The van der Waals surface area contributed by atoms with Gasteiger partial charge in [-0.2, -0.15) is 11.8 Å². The number of aryl methyl sites for hydroxylation is 1. The Hall–Kier alpha value is -0.710. The summed E-state index contributed by atoms with van der Waals surface area (Å²) in [5.41, 5.74) is 0.395. The largest absolute Gasteiger partial charge is 0.429 e. The lowest BCUT2D eigenvalue weighted by atomic mass is 10.0. The van der Waals surface area contributed by atoms with E-state index in [1.165, 1.54) is 32.1 Å². The molecule has 4 nitrogen and oxygen atoms in total. The van der Waals surface area contributed by atoms with Crippen molar-refractivity contribution in [2.45, 2.75) is 50.8 Å². The summed E-state index contributed by atoms with van der Waals surface area (Å²) in [5, 5.41) is 3.45. The summed E-state index contributed by atoms with van der Waals surface area (Å²) in [7, 11) is 0. The number of H-pyrrole nitrogens is 1. The molecule has 0 spiro atoms. The van der Waals surface area contributed by atoms with E-state index in [4.69, 9.17) is 4.52 Å². The molecular weight excluding hydrogens is 224 g/mol. The predicted molar refractivity (Wildman–Crippen MR) is 63.6 cm³/mol. The van der Waals surface area contributed by atoms with Crippen LogP contribution >= 0.6 is 11.8 Å². The topological polar surface area (TPSA) is 49.9 Å². The maximum Gasteiger partial charge on any atom is 0.429 e. The summed E-state index contributed by atoms with van der Waals surface area (Å²) in [5.74, 6) is 1.05. The summed E-state index contributed by atoms with van der Waals surface area (Å²) in [6.07, 6.45) is 6.88. The van der Waals surface area contributed by atoms with Crippen molar-refractivity contribution in [1.82, 2.24) is 5.27 Å². The highest BCUT2D eigenvalue weighted by Crippen LogP contribution is 2.27. The maximum atomic E-state index is 11.1. The first-order valence-electron chi connectivity index (χ1n) is 5.97. The first-order chi connectivity index (χ1) is 7.77. The van der Waals surface area contributed by atoms with Gasteiger partial charge >= 0.3 is 5.63 Å². The van der Waals surface area contributed by atoms with E-state index in [1.54, 1.807) is 11.6 Å². The molecule has 16 heavy (non-hydrogen) atoms. The Bertz CT molecular complexity index is 380. The molecule has 1 heterocycles. The number of nitrogens with zero attached hydrogens (tertiary/aromatic N) is 1. The summed E-state index contributed by atoms with van der Waals surface area (Å²) < 4.78 is 6.50. The minimum Gasteiger partial charge on any atom is -0.283 e. The highest BCUT2D eigenvalue weighted by atomic mass is 32.2. The fraction of sp³-hybridized carbons (Fsp3) is 0.818. The molecule has 1 aromatic rings. The van der Waals surface area contributed by atoms with Crippen molar-refractivity contribution in [3.63, 3.8) is 0 Å². The van der Waals surface area contributed by atoms with Gasteiger partial charge in [0.2, 0.25) is 0 Å². The van der Waals surface area contributed by atoms with E-state index in [2.05, 4.69) is 5.27 Å². The number of aromatic nitrogens is 2. The monoisotopic (exact) mass is 243 g/mol.